The Labute approximate surface area is 170 Å². The van der Waals surface area contributed by atoms with Crippen LogP contribution in [0.1, 0.15) is 5.56 Å². The van der Waals surface area contributed by atoms with Gasteiger partial charge in [0.25, 0.3) is 0 Å². The van der Waals surface area contributed by atoms with Crippen molar-refractivity contribution in [2.45, 2.75) is 0 Å². The van der Waals surface area contributed by atoms with Crippen molar-refractivity contribution >= 4 is 39.8 Å². The Morgan fingerprint density at radius 3 is 2.62 bits per heavy atom. The van der Waals surface area contributed by atoms with Gasteiger partial charge in [0.1, 0.15) is 17.2 Å². The van der Waals surface area contributed by atoms with Gasteiger partial charge in [-0.1, -0.05) is 23.7 Å². The molecule has 4 aromatic rings. The number of rotatable bonds is 4. The van der Waals surface area contributed by atoms with E-state index in [1.54, 1.807) is 36.4 Å². The molecule has 0 radical (unpaired) electrons. The minimum atomic E-state index is -0.517. The van der Waals surface area contributed by atoms with Gasteiger partial charge in [-0.2, -0.15) is 5.26 Å². The number of anilines is 3. The second-order valence-corrected chi connectivity index (χ2v) is 6.58. The summed E-state index contributed by atoms with van der Waals surface area (Å²) >= 11 is 5.87. The fraction of sp³-hybridized carbons (Fsp3) is 0.0476. The maximum Gasteiger partial charge on any atom is 0.215 e. The SMILES string of the molecule is COc1cc2c(Nc3ccc(F)c(Cl)c3)c(N)oc2c(-c2ccc(C#N)cc2)n1. The zero-order chi connectivity index (χ0) is 20.5. The molecular weight excluding hydrogens is 395 g/mol. The average Bonchev–Trinajstić information content (AvgIpc) is 3.05. The molecule has 4 rings (SSSR count). The Morgan fingerprint density at radius 1 is 1.21 bits per heavy atom. The number of nitrogens with one attached hydrogen (secondary N) is 1. The summed E-state index contributed by atoms with van der Waals surface area (Å²) in [5.74, 6) is -0.0283. The normalized spacial score (nSPS) is 10.7. The summed E-state index contributed by atoms with van der Waals surface area (Å²) in [6, 6.07) is 14.9. The number of nitrogen functional groups attached to an aromatic ring is 1. The Kier molecular flexibility index (Phi) is 4.71. The number of benzene rings is 2. The summed E-state index contributed by atoms with van der Waals surface area (Å²) in [7, 11) is 1.51. The highest BCUT2D eigenvalue weighted by Crippen LogP contribution is 2.41. The fourth-order valence-corrected chi connectivity index (χ4v) is 3.12. The number of nitrogens with zero attached hydrogens (tertiary/aromatic N) is 2. The summed E-state index contributed by atoms with van der Waals surface area (Å²) in [5, 5.41) is 12.7. The molecule has 0 unspecified atom stereocenters. The van der Waals surface area contributed by atoms with E-state index in [2.05, 4.69) is 16.4 Å². The van der Waals surface area contributed by atoms with Crippen LogP contribution in [0.5, 0.6) is 5.88 Å². The quantitative estimate of drug-likeness (QED) is 0.463. The molecule has 8 heteroatoms. The van der Waals surface area contributed by atoms with Gasteiger partial charge in [-0.05, 0) is 30.3 Å². The molecule has 0 saturated heterocycles. The van der Waals surface area contributed by atoms with E-state index in [9.17, 15) is 4.39 Å². The minimum absolute atomic E-state index is 0.0149. The Morgan fingerprint density at radius 2 is 1.97 bits per heavy atom. The molecule has 3 N–H and O–H groups in total. The molecule has 2 heterocycles. The average molecular weight is 409 g/mol. The van der Waals surface area contributed by atoms with Gasteiger partial charge < -0.3 is 20.2 Å². The number of aromatic nitrogens is 1. The van der Waals surface area contributed by atoms with E-state index in [1.807, 2.05) is 0 Å². The van der Waals surface area contributed by atoms with E-state index < -0.39 is 5.82 Å². The first-order valence-electron chi connectivity index (χ1n) is 8.49. The number of pyridine rings is 1. The van der Waals surface area contributed by atoms with E-state index >= 15 is 0 Å². The molecular formula is C21H14ClFN4O2. The molecule has 0 aliphatic heterocycles. The zero-order valence-electron chi connectivity index (χ0n) is 15.2. The second kappa shape index (κ2) is 7.34. The van der Waals surface area contributed by atoms with Crippen LogP contribution in [0, 0.1) is 17.1 Å². The van der Waals surface area contributed by atoms with Gasteiger partial charge in [0.05, 0.1) is 29.2 Å². The smallest absolute Gasteiger partial charge is 0.215 e. The number of hydrogen-bond donors (Lipinski definition) is 2. The van der Waals surface area contributed by atoms with Gasteiger partial charge in [0, 0.05) is 17.3 Å². The molecule has 2 aromatic carbocycles. The molecule has 0 aliphatic carbocycles. The van der Waals surface area contributed by atoms with Crippen molar-refractivity contribution in [3.8, 4) is 23.2 Å². The molecule has 0 fully saturated rings. The third kappa shape index (κ3) is 3.42. The van der Waals surface area contributed by atoms with Crippen LogP contribution in [0.15, 0.2) is 52.9 Å². The van der Waals surface area contributed by atoms with Crippen LogP contribution < -0.4 is 15.8 Å². The number of halogens is 2. The molecule has 0 aliphatic rings. The topological polar surface area (TPSA) is 97.1 Å². The molecule has 0 bridgehead atoms. The lowest BCUT2D eigenvalue weighted by atomic mass is 10.1. The maximum absolute atomic E-state index is 13.5. The summed E-state index contributed by atoms with van der Waals surface area (Å²) < 4.78 is 24.6. The summed E-state index contributed by atoms with van der Waals surface area (Å²) in [6.07, 6.45) is 0. The van der Waals surface area contributed by atoms with Crippen molar-refractivity contribution in [3.05, 3.63) is 64.9 Å². The number of fused-ring (bicyclic) bond motifs is 1. The van der Waals surface area contributed by atoms with Crippen molar-refractivity contribution in [1.82, 2.24) is 4.98 Å². The van der Waals surface area contributed by atoms with Crippen molar-refractivity contribution in [2.24, 2.45) is 0 Å². The van der Waals surface area contributed by atoms with E-state index in [4.69, 9.17) is 31.8 Å². The monoisotopic (exact) mass is 408 g/mol. The number of nitrogens with two attached hydrogens (primary N) is 1. The number of ether oxygens (including phenoxy) is 1. The van der Waals surface area contributed by atoms with Crippen LogP contribution in [0.2, 0.25) is 5.02 Å². The molecule has 29 heavy (non-hydrogen) atoms. The van der Waals surface area contributed by atoms with Gasteiger partial charge in [-0.25, -0.2) is 9.37 Å². The Balaban J connectivity index is 1.87. The minimum Gasteiger partial charge on any atom is -0.481 e. The summed E-state index contributed by atoms with van der Waals surface area (Å²) in [6.45, 7) is 0. The molecule has 0 amide bonds. The highest BCUT2D eigenvalue weighted by molar-refractivity contribution is 6.31. The van der Waals surface area contributed by atoms with Gasteiger partial charge >= 0.3 is 0 Å². The third-order valence-corrected chi connectivity index (χ3v) is 4.65. The lowest BCUT2D eigenvalue weighted by molar-refractivity contribution is 0.399. The van der Waals surface area contributed by atoms with Gasteiger partial charge in [-0.15, -0.1) is 0 Å². The van der Waals surface area contributed by atoms with E-state index in [0.717, 1.165) is 5.56 Å². The molecule has 0 saturated carbocycles. The number of hydrogen-bond acceptors (Lipinski definition) is 6. The van der Waals surface area contributed by atoms with Crippen LogP contribution in [-0.4, -0.2) is 12.1 Å². The highest BCUT2D eigenvalue weighted by atomic mass is 35.5. The lowest BCUT2D eigenvalue weighted by Crippen LogP contribution is -1.95. The van der Waals surface area contributed by atoms with Gasteiger partial charge in [0.2, 0.25) is 11.8 Å². The van der Waals surface area contributed by atoms with E-state index in [-0.39, 0.29) is 10.9 Å². The molecule has 0 atom stereocenters. The van der Waals surface area contributed by atoms with Crippen molar-refractivity contribution in [2.75, 3.05) is 18.2 Å². The first-order chi connectivity index (χ1) is 14.0. The summed E-state index contributed by atoms with van der Waals surface area (Å²) in [4.78, 5) is 4.48. The van der Waals surface area contributed by atoms with Crippen LogP contribution in [-0.2, 0) is 0 Å². The highest BCUT2D eigenvalue weighted by Gasteiger charge is 2.19. The maximum atomic E-state index is 13.5. The predicted molar refractivity (Wildman–Crippen MR) is 110 cm³/mol. The molecule has 2 aromatic heterocycles. The van der Waals surface area contributed by atoms with E-state index in [1.165, 1.54) is 19.2 Å². The first kappa shape index (κ1) is 18.6. The standard InChI is InChI=1S/C21H14ClFN4O2/c1-28-17-9-14-19(26-13-6-7-16(23)15(22)8-13)21(25)29-20(14)18(27-17)12-4-2-11(10-24)3-5-12/h2-9,26H,25H2,1H3. The number of furan rings is 1. The third-order valence-electron chi connectivity index (χ3n) is 4.36. The van der Waals surface area contributed by atoms with Crippen molar-refractivity contribution in [3.63, 3.8) is 0 Å². The lowest BCUT2D eigenvalue weighted by Gasteiger charge is -2.08. The Hall–Kier alpha value is -3.76. The van der Waals surface area contributed by atoms with Crippen molar-refractivity contribution in [1.29, 1.82) is 5.26 Å². The van der Waals surface area contributed by atoms with Crippen LogP contribution in [0.25, 0.3) is 22.2 Å². The van der Waals surface area contributed by atoms with Crippen LogP contribution in [0.3, 0.4) is 0 Å². The largest absolute Gasteiger partial charge is 0.481 e. The predicted octanol–water partition coefficient (Wildman–Crippen LogP) is 5.49. The Bertz CT molecular complexity index is 1260. The number of methoxy groups -OCH3 is 1. The number of nitriles is 1. The van der Waals surface area contributed by atoms with E-state index in [0.29, 0.717) is 39.5 Å². The molecule has 144 valence electrons. The summed E-state index contributed by atoms with van der Waals surface area (Å²) in [5.41, 5.74) is 9.36. The molecule has 0 spiro atoms. The van der Waals surface area contributed by atoms with Crippen LogP contribution in [0.4, 0.5) is 21.6 Å². The van der Waals surface area contributed by atoms with Crippen LogP contribution >= 0.6 is 11.6 Å². The molecule has 6 nitrogen and oxygen atoms in total. The fourth-order valence-electron chi connectivity index (χ4n) is 2.94. The second-order valence-electron chi connectivity index (χ2n) is 6.17. The van der Waals surface area contributed by atoms with Crippen molar-refractivity contribution < 1.29 is 13.5 Å². The first-order valence-corrected chi connectivity index (χ1v) is 8.87. The van der Waals surface area contributed by atoms with Gasteiger partial charge in [0.15, 0.2) is 5.58 Å². The zero-order valence-corrected chi connectivity index (χ0v) is 15.9. The van der Waals surface area contributed by atoms with Gasteiger partial charge in [-0.3, -0.25) is 0 Å².